The van der Waals surface area contributed by atoms with Crippen molar-refractivity contribution in [3.8, 4) is 17.2 Å². The Bertz CT molecular complexity index is 556. The quantitative estimate of drug-likeness (QED) is 0.620. The molecule has 0 saturated heterocycles. The number of ether oxygens (including phenoxy) is 3. The summed E-state index contributed by atoms with van der Waals surface area (Å²) in [5, 5.41) is 14.1. The van der Waals surface area contributed by atoms with Gasteiger partial charge in [0.1, 0.15) is 6.04 Å². The number of amides is 2. The van der Waals surface area contributed by atoms with Gasteiger partial charge in [0.25, 0.3) is 0 Å². The fourth-order valence-electron chi connectivity index (χ4n) is 1.97. The van der Waals surface area contributed by atoms with Crippen LogP contribution in [0.3, 0.4) is 0 Å². The number of methoxy groups -OCH3 is 3. The number of nitrogens with one attached hydrogen (secondary N) is 2. The first-order valence-electron chi connectivity index (χ1n) is 7.06. The molecule has 0 fully saturated rings. The fraction of sp³-hybridized carbons (Fsp3) is 0.467. The lowest BCUT2D eigenvalue weighted by molar-refractivity contribution is -0.139. The number of benzene rings is 1. The Hall–Kier alpha value is -2.29. The van der Waals surface area contributed by atoms with Crippen LogP contribution < -0.4 is 24.8 Å². The van der Waals surface area contributed by atoms with Gasteiger partial charge in [-0.3, -0.25) is 0 Å². The van der Waals surface area contributed by atoms with Crippen LogP contribution in [-0.2, 0) is 4.79 Å². The number of thioether (sulfide) groups is 1. The second-order valence-electron chi connectivity index (χ2n) is 4.68. The molecule has 8 nitrogen and oxygen atoms in total. The molecule has 1 aromatic carbocycles. The predicted octanol–water partition coefficient (Wildman–Crippen LogP) is 2.04. The number of rotatable bonds is 9. The summed E-state index contributed by atoms with van der Waals surface area (Å²) >= 11 is 1.51. The molecule has 0 heterocycles. The second kappa shape index (κ2) is 9.76. The van der Waals surface area contributed by atoms with E-state index in [-0.39, 0.29) is 0 Å². The predicted molar refractivity (Wildman–Crippen MR) is 92.7 cm³/mol. The van der Waals surface area contributed by atoms with E-state index in [0.717, 1.165) is 0 Å². The van der Waals surface area contributed by atoms with E-state index in [1.54, 1.807) is 12.1 Å². The SMILES string of the molecule is COc1cc(NC(=O)NC(CCSC)C(=O)O)cc(OC)c1OC. The van der Waals surface area contributed by atoms with E-state index in [4.69, 9.17) is 19.3 Å². The second-order valence-corrected chi connectivity index (χ2v) is 5.67. The average Bonchev–Trinajstić information content (AvgIpc) is 2.57. The molecule has 0 radical (unpaired) electrons. The van der Waals surface area contributed by atoms with E-state index in [2.05, 4.69) is 10.6 Å². The van der Waals surface area contributed by atoms with Crippen LogP contribution in [0.1, 0.15) is 6.42 Å². The molecule has 0 aliphatic heterocycles. The maximum absolute atomic E-state index is 12.0. The number of hydrogen-bond donors (Lipinski definition) is 3. The Morgan fingerprint density at radius 1 is 1.17 bits per heavy atom. The molecule has 0 bridgehead atoms. The van der Waals surface area contributed by atoms with Gasteiger partial charge in [0.05, 0.1) is 27.0 Å². The molecule has 3 N–H and O–H groups in total. The highest BCUT2D eigenvalue weighted by molar-refractivity contribution is 7.98. The Morgan fingerprint density at radius 2 is 1.75 bits per heavy atom. The minimum absolute atomic E-state index is 0.333. The minimum atomic E-state index is -1.08. The van der Waals surface area contributed by atoms with Crippen LogP contribution in [0.4, 0.5) is 10.5 Å². The first-order chi connectivity index (χ1) is 11.5. The van der Waals surface area contributed by atoms with E-state index >= 15 is 0 Å². The van der Waals surface area contributed by atoms with Crippen molar-refractivity contribution in [2.24, 2.45) is 0 Å². The van der Waals surface area contributed by atoms with Crippen molar-refractivity contribution in [3.63, 3.8) is 0 Å². The first-order valence-corrected chi connectivity index (χ1v) is 8.45. The van der Waals surface area contributed by atoms with Crippen LogP contribution in [0, 0.1) is 0 Å². The summed E-state index contributed by atoms with van der Waals surface area (Å²) in [6.07, 6.45) is 2.20. The summed E-state index contributed by atoms with van der Waals surface area (Å²) in [6.45, 7) is 0. The minimum Gasteiger partial charge on any atom is -0.493 e. The molecule has 2 amide bonds. The summed E-state index contributed by atoms with van der Waals surface area (Å²) < 4.78 is 15.6. The third kappa shape index (κ3) is 5.41. The Balaban J connectivity index is 2.87. The van der Waals surface area contributed by atoms with Gasteiger partial charge >= 0.3 is 12.0 Å². The molecule has 0 aliphatic carbocycles. The number of anilines is 1. The van der Waals surface area contributed by atoms with Crippen LogP contribution in [0.5, 0.6) is 17.2 Å². The number of aliphatic carboxylic acids is 1. The van der Waals surface area contributed by atoms with E-state index < -0.39 is 18.0 Å². The van der Waals surface area contributed by atoms with Crippen molar-refractivity contribution in [3.05, 3.63) is 12.1 Å². The monoisotopic (exact) mass is 358 g/mol. The first kappa shape index (κ1) is 19.8. The van der Waals surface area contributed by atoms with Crippen molar-refractivity contribution in [1.82, 2.24) is 5.32 Å². The van der Waals surface area contributed by atoms with Gasteiger partial charge in [0.2, 0.25) is 5.75 Å². The molecule has 0 aromatic heterocycles. The molecular formula is C15H22N2O6S. The van der Waals surface area contributed by atoms with Gasteiger partial charge in [0.15, 0.2) is 11.5 Å². The highest BCUT2D eigenvalue weighted by atomic mass is 32.2. The highest BCUT2D eigenvalue weighted by Crippen LogP contribution is 2.39. The fourth-order valence-corrected chi connectivity index (χ4v) is 2.44. The number of hydrogen-bond acceptors (Lipinski definition) is 6. The molecule has 0 aliphatic rings. The van der Waals surface area contributed by atoms with Gasteiger partial charge < -0.3 is 30.0 Å². The maximum Gasteiger partial charge on any atom is 0.326 e. The Labute approximate surface area is 144 Å². The number of carboxylic acids is 1. The third-order valence-electron chi connectivity index (χ3n) is 3.14. The number of urea groups is 1. The summed E-state index contributed by atoms with van der Waals surface area (Å²) in [5.74, 6) is 0.702. The zero-order valence-electron chi connectivity index (χ0n) is 14.0. The van der Waals surface area contributed by atoms with E-state index in [0.29, 0.717) is 35.1 Å². The van der Waals surface area contributed by atoms with Gasteiger partial charge in [-0.05, 0) is 18.4 Å². The highest BCUT2D eigenvalue weighted by Gasteiger charge is 2.20. The van der Waals surface area contributed by atoms with Gasteiger partial charge in [0, 0.05) is 12.1 Å². The van der Waals surface area contributed by atoms with Crippen molar-refractivity contribution < 1.29 is 28.9 Å². The zero-order chi connectivity index (χ0) is 18.1. The van der Waals surface area contributed by atoms with Gasteiger partial charge in [-0.1, -0.05) is 0 Å². The van der Waals surface area contributed by atoms with Crippen molar-refractivity contribution in [2.45, 2.75) is 12.5 Å². The molecule has 1 rings (SSSR count). The molecule has 9 heteroatoms. The van der Waals surface area contributed by atoms with Gasteiger partial charge in [-0.25, -0.2) is 9.59 Å². The lowest BCUT2D eigenvalue weighted by atomic mass is 10.2. The van der Waals surface area contributed by atoms with Crippen LogP contribution in [-0.4, -0.2) is 56.5 Å². The zero-order valence-corrected chi connectivity index (χ0v) is 14.9. The van der Waals surface area contributed by atoms with Crippen LogP contribution in [0.2, 0.25) is 0 Å². The molecule has 134 valence electrons. The molecule has 0 saturated carbocycles. The number of carbonyl (C=O) groups is 2. The summed E-state index contributed by atoms with van der Waals surface area (Å²) in [5.41, 5.74) is 0.385. The molecule has 1 unspecified atom stereocenters. The van der Waals surface area contributed by atoms with Gasteiger partial charge in [-0.2, -0.15) is 11.8 Å². The summed E-state index contributed by atoms with van der Waals surface area (Å²) in [7, 11) is 4.40. The van der Waals surface area contributed by atoms with Gasteiger partial charge in [-0.15, -0.1) is 0 Å². The molecule has 1 aromatic rings. The largest absolute Gasteiger partial charge is 0.493 e. The van der Waals surface area contributed by atoms with E-state index in [9.17, 15) is 9.59 Å². The lowest BCUT2D eigenvalue weighted by Gasteiger charge is -2.17. The van der Waals surface area contributed by atoms with Crippen LogP contribution in [0.25, 0.3) is 0 Å². The normalized spacial score (nSPS) is 11.3. The molecule has 24 heavy (non-hydrogen) atoms. The lowest BCUT2D eigenvalue weighted by Crippen LogP contribution is -2.43. The Morgan fingerprint density at radius 3 is 2.17 bits per heavy atom. The standard InChI is InChI=1S/C15H22N2O6S/c1-21-11-7-9(8-12(22-2)13(11)23-3)16-15(20)17-10(14(18)19)5-6-24-4/h7-8,10H,5-6H2,1-4H3,(H,18,19)(H2,16,17,20). The van der Waals surface area contributed by atoms with Crippen molar-refractivity contribution in [2.75, 3.05) is 38.7 Å². The van der Waals surface area contributed by atoms with Crippen molar-refractivity contribution >= 4 is 29.4 Å². The smallest absolute Gasteiger partial charge is 0.326 e. The van der Waals surface area contributed by atoms with E-state index in [1.807, 2.05) is 6.26 Å². The molecular weight excluding hydrogens is 336 g/mol. The number of carbonyl (C=O) groups excluding carboxylic acids is 1. The summed E-state index contributed by atoms with van der Waals surface area (Å²) in [4.78, 5) is 23.2. The molecule has 0 spiro atoms. The van der Waals surface area contributed by atoms with Crippen LogP contribution in [0.15, 0.2) is 12.1 Å². The third-order valence-corrected chi connectivity index (χ3v) is 3.78. The maximum atomic E-state index is 12.0. The number of carboxylic acid groups (broad SMARTS) is 1. The topological polar surface area (TPSA) is 106 Å². The van der Waals surface area contributed by atoms with Crippen LogP contribution >= 0.6 is 11.8 Å². The van der Waals surface area contributed by atoms with E-state index in [1.165, 1.54) is 33.1 Å². The van der Waals surface area contributed by atoms with Crippen molar-refractivity contribution in [1.29, 1.82) is 0 Å². The molecule has 1 atom stereocenters. The Kier molecular flexibility index (Phi) is 8.03. The summed E-state index contributed by atoms with van der Waals surface area (Å²) in [6, 6.07) is 1.52. The average molecular weight is 358 g/mol.